The standard InChI is InChI=1S/C11H20O2.C4H10O3/c1-4-7-8-9-10(5-2)13-11(12)6-3;5-1-3-7-4-2-6/h6,10H,3-5,7-9H2,1-2H3;5-6H,1-4H2. The molecule has 20 heavy (non-hydrogen) atoms. The molecule has 0 radical (unpaired) electrons. The highest BCUT2D eigenvalue weighted by Crippen LogP contribution is 2.10. The third kappa shape index (κ3) is 17.1. The molecule has 0 aromatic heterocycles. The van der Waals surface area contributed by atoms with Gasteiger partial charge in [0.05, 0.1) is 26.4 Å². The van der Waals surface area contributed by atoms with Crippen LogP contribution in [0.5, 0.6) is 0 Å². The van der Waals surface area contributed by atoms with E-state index < -0.39 is 0 Å². The molecule has 0 amide bonds. The van der Waals surface area contributed by atoms with Crippen LogP contribution in [0.1, 0.15) is 46.0 Å². The molecule has 0 spiro atoms. The van der Waals surface area contributed by atoms with Crippen molar-refractivity contribution < 1.29 is 24.5 Å². The van der Waals surface area contributed by atoms with E-state index in [0.717, 1.165) is 19.3 Å². The zero-order chi connectivity index (χ0) is 15.6. The van der Waals surface area contributed by atoms with Crippen LogP contribution in [0, 0.1) is 0 Å². The lowest BCUT2D eigenvalue weighted by Crippen LogP contribution is -2.15. The average Bonchev–Trinajstić information content (AvgIpc) is 2.47. The molecule has 0 aromatic rings. The molecule has 1 atom stereocenters. The number of carbonyl (C=O) groups excluding carboxylic acids is 1. The Morgan fingerprint density at radius 2 is 1.80 bits per heavy atom. The summed E-state index contributed by atoms with van der Waals surface area (Å²) >= 11 is 0. The zero-order valence-corrected chi connectivity index (χ0v) is 12.8. The summed E-state index contributed by atoms with van der Waals surface area (Å²) in [5.74, 6) is -0.302. The quantitative estimate of drug-likeness (QED) is 0.346. The molecule has 0 heterocycles. The molecule has 0 rings (SSSR count). The highest BCUT2D eigenvalue weighted by molar-refractivity contribution is 5.81. The monoisotopic (exact) mass is 290 g/mol. The van der Waals surface area contributed by atoms with E-state index in [2.05, 4.69) is 18.2 Å². The van der Waals surface area contributed by atoms with Crippen LogP contribution in [-0.4, -0.2) is 48.7 Å². The lowest BCUT2D eigenvalue weighted by Gasteiger charge is -2.14. The molecule has 0 aromatic carbocycles. The van der Waals surface area contributed by atoms with Gasteiger partial charge in [0, 0.05) is 6.08 Å². The van der Waals surface area contributed by atoms with Gasteiger partial charge in [-0.25, -0.2) is 4.79 Å². The smallest absolute Gasteiger partial charge is 0.330 e. The number of aliphatic hydroxyl groups is 2. The van der Waals surface area contributed by atoms with Gasteiger partial charge in [-0.15, -0.1) is 0 Å². The zero-order valence-electron chi connectivity index (χ0n) is 12.8. The van der Waals surface area contributed by atoms with Crippen LogP contribution in [-0.2, 0) is 14.3 Å². The van der Waals surface area contributed by atoms with Gasteiger partial charge in [0.2, 0.25) is 0 Å². The van der Waals surface area contributed by atoms with Crippen LogP contribution in [0.2, 0.25) is 0 Å². The van der Waals surface area contributed by atoms with Gasteiger partial charge in [-0.1, -0.05) is 33.3 Å². The summed E-state index contributed by atoms with van der Waals surface area (Å²) in [7, 11) is 0. The van der Waals surface area contributed by atoms with Crippen LogP contribution < -0.4 is 0 Å². The predicted molar refractivity (Wildman–Crippen MR) is 79.5 cm³/mol. The van der Waals surface area contributed by atoms with Gasteiger partial charge in [-0.3, -0.25) is 0 Å². The Morgan fingerprint density at radius 3 is 2.20 bits per heavy atom. The minimum absolute atomic E-state index is 0.0278. The van der Waals surface area contributed by atoms with Crippen molar-refractivity contribution in [3.8, 4) is 0 Å². The van der Waals surface area contributed by atoms with Crippen molar-refractivity contribution in [2.24, 2.45) is 0 Å². The van der Waals surface area contributed by atoms with E-state index in [1.54, 1.807) is 0 Å². The van der Waals surface area contributed by atoms with E-state index >= 15 is 0 Å². The second-order valence-corrected chi connectivity index (χ2v) is 4.23. The first-order chi connectivity index (χ1) is 9.65. The van der Waals surface area contributed by atoms with E-state index in [0.29, 0.717) is 13.2 Å². The summed E-state index contributed by atoms with van der Waals surface area (Å²) in [6, 6.07) is 0. The number of esters is 1. The van der Waals surface area contributed by atoms with Crippen molar-refractivity contribution in [2.45, 2.75) is 52.1 Å². The number of unbranched alkanes of at least 4 members (excludes halogenated alkanes) is 2. The largest absolute Gasteiger partial charge is 0.459 e. The summed E-state index contributed by atoms with van der Waals surface area (Å²) in [4.78, 5) is 10.9. The Balaban J connectivity index is 0. The van der Waals surface area contributed by atoms with Crippen molar-refractivity contribution in [3.63, 3.8) is 0 Å². The summed E-state index contributed by atoms with van der Waals surface area (Å²) < 4.78 is 9.77. The normalized spacial score (nSPS) is 11.2. The number of rotatable bonds is 11. The molecule has 0 fully saturated rings. The molecule has 120 valence electrons. The van der Waals surface area contributed by atoms with Crippen molar-refractivity contribution in [2.75, 3.05) is 26.4 Å². The summed E-state index contributed by atoms with van der Waals surface area (Å²) in [6.07, 6.45) is 6.72. The van der Waals surface area contributed by atoms with Crippen LogP contribution in [0.15, 0.2) is 12.7 Å². The second kappa shape index (κ2) is 18.1. The van der Waals surface area contributed by atoms with Crippen LogP contribution in [0.3, 0.4) is 0 Å². The van der Waals surface area contributed by atoms with Crippen molar-refractivity contribution >= 4 is 5.97 Å². The first kappa shape index (κ1) is 21.4. The fraction of sp³-hybridized carbons (Fsp3) is 0.800. The third-order valence-electron chi connectivity index (χ3n) is 2.51. The predicted octanol–water partition coefficient (Wildman–Crippen LogP) is 2.06. The first-order valence-electron chi connectivity index (χ1n) is 7.28. The molecular weight excluding hydrogens is 260 g/mol. The molecule has 0 aliphatic carbocycles. The number of ether oxygens (including phenoxy) is 2. The maximum Gasteiger partial charge on any atom is 0.330 e. The van der Waals surface area contributed by atoms with Gasteiger partial charge in [0.25, 0.3) is 0 Å². The van der Waals surface area contributed by atoms with E-state index in [9.17, 15) is 4.79 Å². The van der Waals surface area contributed by atoms with E-state index in [1.165, 1.54) is 18.9 Å². The van der Waals surface area contributed by atoms with Crippen LogP contribution in [0.4, 0.5) is 0 Å². The van der Waals surface area contributed by atoms with Crippen molar-refractivity contribution in [1.29, 1.82) is 0 Å². The molecule has 1 unspecified atom stereocenters. The lowest BCUT2D eigenvalue weighted by molar-refractivity contribution is -0.143. The molecule has 0 aliphatic heterocycles. The first-order valence-corrected chi connectivity index (χ1v) is 7.28. The molecule has 0 aliphatic rings. The van der Waals surface area contributed by atoms with Gasteiger partial charge >= 0.3 is 5.97 Å². The fourth-order valence-corrected chi connectivity index (χ4v) is 1.41. The van der Waals surface area contributed by atoms with Gasteiger partial charge in [0.15, 0.2) is 0 Å². The van der Waals surface area contributed by atoms with E-state index in [4.69, 9.17) is 14.9 Å². The van der Waals surface area contributed by atoms with Gasteiger partial charge in [-0.05, 0) is 19.3 Å². The third-order valence-corrected chi connectivity index (χ3v) is 2.51. The van der Waals surface area contributed by atoms with Crippen LogP contribution >= 0.6 is 0 Å². The van der Waals surface area contributed by atoms with E-state index in [1.807, 2.05) is 6.92 Å². The minimum atomic E-state index is -0.302. The molecular formula is C15H30O5. The maximum atomic E-state index is 10.9. The summed E-state index contributed by atoms with van der Waals surface area (Å²) in [6.45, 7) is 8.26. The number of hydrogen-bond donors (Lipinski definition) is 2. The molecule has 2 N–H and O–H groups in total. The Labute approximate surface area is 122 Å². The van der Waals surface area contributed by atoms with Gasteiger partial charge < -0.3 is 19.7 Å². The van der Waals surface area contributed by atoms with Crippen LogP contribution in [0.25, 0.3) is 0 Å². The van der Waals surface area contributed by atoms with Crippen molar-refractivity contribution in [1.82, 2.24) is 0 Å². The average molecular weight is 290 g/mol. The highest BCUT2D eigenvalue weighted by atomic mass is 16.5. The topological polar surface area (TPSA) is 76.0 Å². The lowest BCUT2D eigenvalue weighted by atomic mass is 10.1. The minimum Gasteiger partial charge on any atom is -0.459 e. The number of hydrogen-bond acceptors (Lipinski definition) is 5. The number of aliphatic hydroxyl groups excluding tert-OH is 2. The SMILES string of the molecule is C=CC(=O)OC(CC)CCCCC.OCCOCCO. The molecule has 0 saturated carbocycles. The molecule has 0 bridgehead atoms. The van der Waals surface area contributed by atoms with Gasteiger partial charge in [-0.2, -0.15) is 0 Å². The fourth-order valence-electron chi connectivity index (χ4n) is 1.41. The number of carbonyl (C=O) groups is 1. The Kier molecular flexibility index (Phi) is 19.3. The second-order valence-electron chi connectivity index (χ2n) is 4.23. The Hall–Kier alpha value is -0.910. The Bertz CT molecular complexity index is 214. The Morgan fingerprint density at radius 1 is 1.20 bits per heavy atom. The summed E-state index contributed by atoms with van der Waals surface area (Å²) in [5, 5.41) is 16.2. The maximum absolute atomic E-state index is 10.9. The molecule has 5 heteroatoms. The van der Waals surface area contributed by atoms with Gasteiger partial charge in [0.1, 0.15) is 6.10 Å². The van der Waals surface area contributed by atoms with Crippen molar-refractivity contribution in [3.05, 3.63) is 12.7 Å². The molecule has 0 saturated heterocycles. The summed E-state index contributed by atoms with van der Waals surface area (Å²) in [5.41, 5.74) is 0. The molecule has 5 nitrogen and oxygen atoms in total. The highest BCUT2D eigenvalue weighted by Gasteiger charge is 2.08. The van der Waals surface area contributed by atoms with E-state index in [-0.39, 0.29) is 25.3 Å².